The van der Waals surface area contributed by atoms with Crippen LogP contribution in [0.5, 0.6) is 5.75 Å². The van der Waals surface area contributed by atoms with Crippen molar-refractivity contribution in [1.82, 2.24) is 14.4 Å². The molecule has 6 heteroatoms. The second-order valence-electron chi connectivity index (χ2n) is 8.17. The lowest BCUT2D eigenvalue weighted by atomic mass is 10.1. The fourth-order valence-corrected chi connectivity index (χ4v) is 3.47. The molecule has 1 heterocycles. The minimum absolute atomic E-state index is 0.0111. The second-order valence-corrected chi connectivity index (χ2v) is 8.17. The van der Waals surface area contributed by atoms with Gasteiger partial charge in [0.2, 0.25) is 5.91 Å². The average Bonchev–Trinajstić information content (AvgIpc) is 3.47. The van der Waals surface area contributed by atoms with Crippen LogP contribution in [0.3, 0.4) is 0 Å². The molecule has 0 radical (unpaired) electrons. The zero-order valence-corrected chi connectivity index (χ0v) is 17.8. The number of ether oxygens (including phenoxy) is 1. The highest BCUT2D eigenvalue weighted by molar-refractivity contribution is 5.97. The predicted octanol–water partition coefficient (Wildman–Crippen LogP) is 3.32. The Balaban J connectivity index is 1.76. The maximum absolute atomic E-state index is 13.2. The van der Waals surface area contributed by atoms with Crippen LogP contribution in [0, 0.1) is 5.92 Å². The van der Waals surface area contributed by atoms with Crippen LogP contribution in [0.4, 0.5) is 0 Å². The van der Waals surface area contributed by atoms with Crippen LogP contribution in [0.15, 0.2) is 42.6 Å². The number of methoxy groups -OCH3 is 1. The summed E-state index contributed by atoms with van der Waals surface area (Å²) in [5.41, 5.74) is 1.64. The Morgan fingerprint density at radius 3 is 2.55 bits per heavy atom. The van der Waals surface area contributed by atoms with Crippen LogP contribution < -0.4 is 4.74 Å². The number of amides is 2. The molecule has 29 heavy (non-hydrogen) atoms. The summed E-state index contributed by atoms with van der Waals surface area (Å²) in [5, 5.41) is 0. The van der Waals surface area contributed by atoms with Gasteiger partial charge in [-0.05, 0) is 49.1 Å². The summed E-state index contributed by atoms with van der Waals surface area (Å²) in [7, 11) is 3.56. The zero-order chi connectivity index (χ0) is 21.0. The third kappa shape index (κ3) is 5.40. The molecular formula is C23H31N3O3. The summed E-state index contributed by atoms with van der Waals surface area (Å²) >= 11 is 0. The molecule has 0 spiro atoms. The summed E-state index contributed by atoms with van der Waals surface area (Å²) in [6.45, 7) is 5.52. The van der Waals surface area contributed by atoms with Crippen molar-refractivity contribution in [2.45, 2.75) is 39.3 Å². The molecule has 2 aromatic rings. The highest BCUT2D eigenvalue weighted by atomic mass is 16.5. The van der Waals surface area contributed by atoms with E-state index in [1.807, 2.05) is 40.9 Å². The fraction of sp³-hybridized carbons (Fsp3) is 0.478. The van der Waals surface area contributed by atoms with E-state index in [1.54, 1.807) is 30.2 Å². The topological polar surface area (TPSA) is 54.8 Å². The summed E-state index contributed by atoms with van der Waals surface area (Å²) in [5.74, 6) is 0.872. The van der Waals surface area contributed by atoms with Crippen LogP contribution in [-0.2, 0) is 18.4 Å². The van der Waals surface area contributed by atoms with Gasteiger partial charge in [0.25, 0.3) is 5.91 Å². The number of rotatable bonds is 9. The molecule has 6 nitrogen and oxygen atoms in total. The number of carbonyl (C=O) groups excluding carboxylic acids is 2. The van der Waals surface area contributed by atoms with Crippen molar-refractivity contribution in [2.24, 2.45) is 13.0 Å². The Bertz CT molecular complexity index is 855. The Morgan fingerprint density at radius 2 is 1.97 bits per heavy atom. The normalized spacial score (nSPS) is 13.4. The summed E-state index contributed by atoms with van der Waals surface area (Å²) in [6.07, 6.45) is 3.88. The Hall–Kier alpha value is -2.76. The maximum Gasteiger partial charge on any atom is 0.254 e. The molecule has 0 atom stereocenters. The van der Waals surface area contributed by atoms with Gasteiger partial charge in [0.15, 0.2) is 0 Å². The van der Waals surface area contributed by atoms with Crippen LogP contribution in [-0.4, -0.2) is 52.4 Å². The van der Waals surface area contributed by atoms with Crippen molar-refractivity contribution in [3.05, 3.63) is 53.9 Å². The van der Waals surface area contributed by atoms with E-state index in [4.69, 9.17) is 4.74 Å². The summed E-state index contributed by atoms with van der Waals surface area (Å²) in [6, 6.07) is 11.3. The van der Waals surface area contributed by atoms with Gasteiger partial charge in [0, 0.05) is 37.1 Å². The zero-order valence-electron chi connectivity index (χ0n) is 17.8. The van der Waals surface area contributed by atoms with Gasteiger partial charge < -0.3 is 19.1 Å². The van der Waals surface area contributed by atoms with Crippen molar-refractivity contribution in [1.29, 1.82) is 0 Å². The van der Waals surface area contributed by atoms with Gasteiger partial charge in [-0.2, -0.15) is 0 Å². The van der Waals surface area contributed by atoms with Crippen molar-refractivity contribution >= 4 is 11.8 Å². The lowest BCUT2D eigenvalue weighted by Gasteiger charge is -2.29. The van der Waals surface area contributed by atoms with Gasteiger partial charge in [0.1, 0.15) is 12.3 Å². The standard InChI is InChI=1S/C23H31N3O3/c1-17(2)14-25(15-20-8-6-12-24(20)3)22(27)16-26(19-10-11-19)23(28)18-7-5-9-21(13-18)29-4/h5-9,12-13,17,19H,10-11,14-16H2,1-4H3. The molecule has 1 aliphatic rings. The van der Waals surface area contributed by atoms with Gasteiger partial charge in [0.05, 0.1) is 13.7 Å². The molecule has 1 saturated carbocycles. The van der Waals surface area contributed by atoms with Gasteiger partial charge in [-0.15, -0.1) is 0 Å². The Labute approximate surface area is 173 Å². The van der Waals surface area contributed by atoms with E-state index in [-0.39, 0.29) is 24.4 Å². The molecule has 0 unspecified atom stereocenters. The first-order valence-corrected chi connectivity index (χ1v) is 10.2. The smallest absolute Gasteiger partial charge is 0.254 e. The first-order chi connectivity index (χ1) is 13.9. The van der Waals surface area contributed by atoms with E-state index >= 15 is 0 Å². The molecule has 156 valence electrons. The largest absolute Gasteiger partial charge is 0.497 e. The van der Waals surface area contributed by atoms with E-state index in [2.05, 4.69) is 13.8 Å². The van der Waals surface area contributed by atoms with Crippen molar-refractivity contribution in [3.8, 4) is 5.75 Å². The third-order valence-electron chi connectivity index (χ3n) is 5.21. The van der Waals surface area contributed by atoms with Gasteiger partial charge in [-0.3, -0.25) is 9.59 Å². The Morgan fingerprint density at radius 1 is 1.21 bits per heavy atom. The number of nitrogens with zero attached hydrogens (tertiary/aromatic N) is 3. The van der Waals surface area contributed by atoms with E-state index in [0.29, 0.717) is 30.3 Å². The van der Waals surface area contributed by atoms with E-state index in [0.717, 1.165) is 18.5 Å². The minimum atomic E-state index is -0.108. The molecular weight excluding hydrogens is 366 g/mol. The Kier molecular flexibility index (Phi) is 6.62. The molecule has 1 fully saturated rings. The molecule has 1 aliphatic carbocycles. The molecule has 3 rings (SSSR count). The van der Waals surface area contributed by atoms with Crippen molar-refractivity contribution in [2.75, 3.05) is 20.2 Å². The number of aromatic nitrogens is 1. The van der Waals surface area contributed by atoms with Gasteiger partial charge >= 0.3 is 0 Å². The van der Waals surface area contributed by atoms with Crippen molar-refractivity contribution in [3.63, 3.8) is 0 Å². The number of hydrogen-bond acceptors (Lipinski definition) is 3. The van der Waals surface area contributed by atoms with Crippen LogP contribution in [0.2, 0.25) is 0 Å². The molecule has 0 bridgehead atoms. The molecule has 2 amide bonds. The molecule has 1 aromatic heterocycles. The van der Waals surface area contributed by atoms with Crippen LogP contribution in [0.1, 0.15) is 42.7 Å². The quantitative estimate of drug-likeness (QED) is 0.652. The maximum atomic E-state index is 13.2. The third-order valence-corrected chi connectivity index (χ3v) is 5.21. The first kappa shape index (κ1) is 21.0. The molecule has 1 aromatic carbocycles. The van der Waals surface area contributed by atoms with E-state index in [9.17, 15) is 9.59 Å². The number of benzene rings is 1. The highest BCUT2D eigenvalue weighted by Gasteiger charge is 2.35. The average molecular weight is 398 g/mol. The van der Waals surface area contributed by atoms with Gasteiger partial charge in [-0.25, -0.2) is 0 Å². The number of aryl methyl sites for hydroxylation is 1. The second kappa shape index (κ2) is 9.16. The van der Waals surface area contributed by atoms with E-state index < -0.39 is 0 Å². The molecule has 0 aliphatic heterocycles. The lowest BCUT2D eigenvalue weighted by molar-refractivity contribution is -0.133. The monoisotopic (exact) mass is 397 g/mol. The lowest BCUT2D eigenvalue weighted by Crippen LogP contribution is -2.45. The van der Waals surface area contributed by atoms with Crippen LogP contribution in [0.25, 0.3) is 0 Å². The SMILES string of the molecule is COc1cccc(C(=O)N(CC(=O)N(Cc2cccn2C)CC(C)C)C2CC2)c1. The summed E-state index contributed by atoms with van der Waals surface area (Å²) in [4.78, 5) is 30.0. The number of carbonyl (C=O) groups is 2. The highest BCUT2D eigenvalue weighted by Crippen LogP contribution is 2.29. The minimum Gasteiger partial charge on any atom is -0.497 e. The number of hydrogen-bond donors (Lipinski definition) is 0. The fourth-order valence-electron chi connectivity index (χ4n) is 3.47. The summed E-state index contributed by atoms with van der Waals surface area (Å²) < 4.78 is 7.27. The van der Waals surface area contributed by atoms with Crippen molar-refractivity contribution < 1.29 is 14.3 Å². The molecule has 0 saturated heterocycles. The first-order valence-electron chi connectivity index (χ1n) is 10.2. The molecule has 0 N–H and O–H groups in total. The predicted molar refractivity (Wildman–Crippen MR) is 113 cm³/mol. The van der Waals surface area contributed by atoms with Gasteiger partial charge in [-0.1, -0.05) is 19.9 Å². The van der Waals surface area contributed by atoms with E-state index in [1.165, 1.54) is 0 Å². The van der Waals surface area contributed by atoms with Crippen LogP contribution >= 0.6 is 0 Å².